The Hall–Kier alpha value is -1.58. The van der Waals surface area contributed by atoms with E-state index in [4.69, 9.17) is 16.3 Å². The van der Waals surface area contributed by atoms with Crippen molar-refractivity contribution in [1.82, 2.24) is 10.3 Å². The Labute approximate surface area is 124 Å². The molecular formula is C16H19ClN2O. The molecule has 1 aromatic heterocycles. The molecule has 0 unspecified atom stereocenters. The second-order valence-corrected chi connectivity index (χ2v) is 5.14. The normalized spacial score (nSPS) is 10.6. The van der Waals surface area contributed by atoms with Crippen molar-refractivity contribution in [2.45, 2.75) is 27.3 Å². The van der Waals surface area contributed by atoms with Crippen LogP contribution in [0.1, 0.15) is 23.7 Å². The van der Waals surface area contributed by atoms with Gasteiger partial charge in [0.2, 0.25) is 5.88 Å². The molecule has 3 nitrogen and oxygen atoms in total. The molecule has 20 heavy (non-hydrogen) atoms. The number of nitrogens with zero attached hydrogens (tertiary/aromatic N) is 1. The maximum absolute atomic E-state index is 5.98. The van der Waals surface area contributed by atoms with Gasteiger partial charge < -0.3 is 10.1 Å². The van der Waals surface area contributed by atoms with Gasteiger partial charge in [0.05, 0.1) is 0 Å². The average molecular weight is 291 g/mol. The van der Waals surface area contributed by atoms with Crippen LogP contribution in [0.2, 0.25) is 5.02 Å². The summed E-state index contributed by atoms with van der Waals surface area (Å²) in [5, 5.41) is 3.97. The van der Waals surface area contributed by atoms with Crippen molar-refractivity contribution in [2.75, 3.05) is 6.54 Å². The molecule has 0 spiro atoms. The lowest BCUT2D eigenvalue weighted by atomic mass is 10.1. The molecular weight excluding hydrogens is 272 g/mol. The molecule has 0 bridgehead atoms. The predicted octanol–water partition coefficient (Wildman–Crippen LogP) is 4.25. The minimum Gasteiger partial charge on any atom is -0.439 e. The standard InChI is InChI=1S/C16H19ClN2O/c1-4-18-10-15-11(2)8-12(3)19-16(15)20-14-7-5-6-13(17)9-14/h5-9,18H,4,10H2,1-3H3. The summed E-state index contributed by atoms with van der Waals surface area (Å²) in [4.78, 5) is 4.51. The maximum Gasteiger partial charge on any atom is 0.224 e. The van der Waals surface area contributed by atoms with E-state index in [9.17, 15) is 0 Å². The van der Waals surface area contributed by atoms with Gasteiger partial charge in [-0.25, -0.2) is 4.98 Å². The first kappa shape index (κ1) is 14.8. The van der Waals surface area contributed by atoms with Crippen molar-refractivity contribution in [1.29, 1.82) is 0 Å². The van der Waals surface area contributed by atoms with Crippen LogP contribution in [0.5, 0.6) is 11.6 Å². The molecule has 1 heterocycles. The Kier molecular flexibility index (Phi) is 4.99. The van der Waals surface area contributed by atoms with E-state index < -0.39 is 0 Å². The van der Waals surface area contributed by atoms with Crippen LogP contribution in [-0.2, 0) is 6.54 Å². The maximum atomic E-state index is 5.98. The predicted molar refractivity (Wildman–Crippen MR) is 82.6 cm³/mol. The third kappa shape index (κ3) is 3.71. The van der Waals surface area contributed by atoms with E-state index in [0.717, 1.165) is 24.3 Å². The minimum atomic E-state index is 0.644. The van der Waals surface area contributed by atoms with Gasteiger partial charge in [0.25, 0.3) is 0 Å². The number of pyridine rings is 1. The molecule has 1 N–H and O–H groups in total. The van der Waals surface area contributed by atoms with E-state index in [1.54, 1.807) is 6.07 Å². The van der Waals surface area contributed by atoms with Gasteiger partial charge in [0.1, 0.15) is 5.75 Å². The Morgan fingerprint density at radius 3 is 2.75 bits per heavy atom. The summed E-state index contributed by atoms with van der Waals surface area (Å²) in [5.74, 6) is 1.35. The van der Waals surface area contributed by atoms with Crippen LogP contribution in [0.3, 0.4) is 0 Å². The summed E-state index contributed by atoms with van der Waals surface area (Å²) < 4.78 is 5.91. The van der Waals surface area contributed by atoms with E-state index in [1.165, 1.54) is 5.56 Å². The number of rotatable bonds is 5. The fourth-order valence-electron chi connectivity index (χ4n) is 2.02. The number of halogens is 1. The highest BCUT2D eigenvalue weighted by Crippen LogP contribution is 2.27. The Bertz CT molecular complexity index is 599. The third-order valence-corrected chi connectivity index (χ3v) is 3.23. The molecule has 0 aliphatic carbocycles. The van der Waals surface area contributed by atoms with Crippen molar-refractivity contribution < 1.29 is 4.74 Å². The molecule has 106 valence electrons. The molecule has 1 aromatic carbocycles. The van der Waals surface area contributed by atoms with Crippen LogP contribution in [0.15, 0.2) is 30.3 Å². The monoisotopic (exact) mass is 290 g/mol. The fourth-order valence-corrected chi connectivity index (χ4v) is 2.20. The molecule has 0 amide bonds. The topological polar surface area (TPSA) is 34.2 Å². The van der Waals surface area contributed by atoms with Gasteiger partial charge >= 0.3 is 0 Å². The molecule has 0 radical (unpaired) electrons. The number of aryl methyl sites for hydroxylation is 2. The fraction of sp³-hybridized carbons (Fsp3) is 0.312. The van der Waals surface area contributed by atoms with Gasteiger partial charge in [-0.15, -0.1) is 0 Å². The second-order valence-electron chi connectivity index (χ2n) is 4.70. The molecule has 4 heteroatoms. The van der Waals surface area contributed by atoms with Crippen molar-refractivity contribution in [3.8, 4) is 11.6 Å². The number of aromatic nitrogens is 1. The summed E-state index contributed by atoms with van der Waals surface area (Å²) in [6.45, 7) is 7.77. The van der Waals surface area contributed by atoms with E-state index in [1.807, 2.05) is 25.1 Å². The van der Waals surface area contributed by atoms with Crippen molar-refractivity contribution >= 4 is 11.6 Å². The lowest BCUT2D eigenvalue weighted by molar-refractivity contribution is 0.451. The van der Waals surface area contributed by atoms with Gasteiger partial charge in [-0.3, -0.25) is 0 Å². The molecule has 0 saturated carbocycles. The van der Waals surface area contributed by atoms with Crippen LogP contribution in [0, 0.1) is 13.8 Å². The molecule has 0 saturated heterocycles. The van der Waals surface area contributed by atoms with Gasteiger partial charge in [-0.1, -0.05) is 24.6 Å². The van der Waals surface area contributed by atoms with E-state index in [2.05, 4.69) is 30.2 Å². The van der Waals surface area contributed by atoms with Crippen LogP contribution in [-0.4, -0.2) is 11.5 Å². The molecule has 2 aromatic rings. The lowest BCUT2D eigenvalue weighted by Crippen LogP contribution is -2.14. The van der Waals surface area contributed by atoms with Gasteiger partial charge in [0.15, 0.2) is 0 Å². The van der Waals surface area contributed by atoms with Crippen molar-refractivity contribution in [3.63, 3.8) is 0 Å². The van der Waals surface area contributed by atoms with Crippen molar-refractivity contribution in [3.05, 3.63) is 52.2 Å². The van der Waals surface area contributed by atoms with E-state index >= 15 is 0 Å². The highest BCUT2D eigenvalue weighted by molar-refractivity contribution is 6.30. The quantitative estimate of drug-likeness (QED) is 0.894. The van der Waals surface area contributed by atoms with Crippen LogP contribution < -0.4 is 10.1 Å². The molecule has 0 fully saturated rings. The van der Waals surface area contributed by atoms with E-state index in [-0.39, 0.29) is 0 Å². The van der Waals surface area contributed by atoms with Gasteiger partial charge in [-0.05, 0) is 50.2 Å². The zero-order valence-corrected chi connectivity index (χ0v) is 12.8. The zero-order chi connectivity index (χ0) is 14.5. The number of ether oxygens (including phenoxy) is 1. The first-order chi connectivity index (χ1) is 9.60. The Balaban J connectivity index is 2.33. The molecule has 2 rings (SSSR count). The molecule has 0 atom stereocenters. The average Bonchev–Trinajstić information content (AvgIpc) is 2.37. The number of hydrogen-bond acceptors (Lipinski definition) is 3. The summed E-state index contributed by atoms with van der Waals surface area (Å²) >= 11 is 5.98. The number of nitrogens with one attached hydrogen (secondary N) is 1. The van der Waals surface area contributed by atoms with Gasteiger partial charge in [-0.2, -0.15) is 0 Å². The van der Waals surface area contributed by atoms with Crippen LogP contribution in [0.4, 0.5) is 0 Å². The van der Waals surface area contributed by atoms with Gasteiger partial charge in [0, 0.05) is 22.8 Å². The summed E-state index contributed by atoms with van der Waals surface area (Å²) in [5.41, 5.74) is 3.20. The Morgan fingerprint density at radius 1 is 1.25 bits per heavy atom. The molecule has 0 aliphatic heterocycles. The van der Waals surface area contributed by atoms with E-state index in [0.29, 0.717) is 16.7 Å². The highest BCUT2D eigenvalue weighted by Gasteiger charge is 2.11. The highest BCUT2D eigenvalue weighted by atomic mass is 35.5. The first-order valence-corrected chi connectivity index (χ1v) is 7.09. The molecule has 0 aliphatic rings. The second kappa shape index (κ2) is 6.73. The Morgan fingerprint density at radius 2 is 2.05 bits per heavy atom. The van der Waals surface area contributed by atoms with Crippen LogP contribution >= 0.6 is 11.6 Å². The minimum absolute atomic E-state index is 0.644. The lowest BCUT2D eigenvalue weighted by Gasteiger charge is -2.14. The largest absolute Gasteiger partial charge is 0.439 e. The summed E-state index contributed by atoms with van der Waals surface area (Å²) in [6, 6.07) is 9.42. The summed E-state index contributed by atoms with van der Waals surface area (Å²) in [6.07, 6.45) is 0. The first-order valence-electron chi connectivity index (χ1n) is 6.71. The van der Waals surface area contributed by atoms with Crippen molar-refractivity contribution in [2.24, 2.45) is 0 Å². The van der Waals surface area contributed by atoms with Crippen LogP contribution in [0.25, 0.3) is 0 Å². The zero-order valence-electron chi connectivity index (χ0n) is 12.0. The number of hydrogen-bond donors (Lipinski definition) is 1. The number of benzene rings is 1. The third-order valence-electron chi connectivity index (χ3n) is 3.00. The smallest absolute Gasteiger partial charge is 0.224 e. The summed E-state index contributed by atoms with van der Waals surface area (Å²) in [7, 11) is 0. The SMILES string of the molecule is CCNCc1c(C)cc(C)nc1Oc1cccc(Cl)c1.